The Morgan fingerprint density at radius 2 is 1.00 bits per heavy atom. The smallest absolute Gasteiger partial charge is 0.173 e. The van der Waals surface area contributed by atoms with E-state index < -0.39 is 0 Å². The summed E-state index contributed by atoms with van der Waals surface area (Å²) in [4.78, 5) is 0. The van der Waals surface area contributed by atoms with Gasteiger partial charge in [-0.3, -0.25) is 0 Å². The molecule has 2 aromatic carbocycles. The summed E-state index contributed by atoms with van der Waals surface area (Å²) in [5.74, 6) is 0. The first-order chi connectivity index (χ1) is 7.38. The van der Waals surface area contributed by atoms with E-state index in [1.807, 2.05) is 12.1 Å². The lowest BCUT2D eigenvalue weighted by molar-refractivity contribution is 1.45. The maximum Gasteiger partial charge on any atom is 0.173 e. The van der Waals surface area contributed by atoms with Crippen LogP contribution in [0.4, 0.5) is 0 Å². The Kier molecular flexibility index (Phi) is 6.93. The molecular weight excluding hydrogens is 196 g/mol. The Balaban J connectivity index is 0.000000511. The van der Waals surface area contributed by atoms with Gasteiger partial charge < -0.3 is 5.73 Å². The van der Waals surface area contributed by atoms with E-state index >= 15 is 0 Å². The van der Waals surface area contributed by atoms with Gasteiger partial charge in [0.1, 0.15) is 0 Å². The van der Waals surface area contributed by atoms with Crippen molar-refractivity contribution in [2.24, 2.45) is 5.73 Å². The summed E-state index contributed by atoms with van der Waals surface area (Å²) in [5, 5.41) is 7.10. The van der Waals surface area contributed by atoms with Gasteiger partial charge in [-0.2, -0.15) is 5.26 Å². The van der Waals surface area contributed by atoms with Crippen molar-refractivity contribution in [3.8, 4) is 17.3 Å². The minimum atomic E-state index is 0. The number of hydrogen-bond donors (Lipinski definition) is 1. The summed E-state index contributed by atoms with van der Waals surface area (Å²) in [6.07, 6.45) is 1.25. The fourth-order valence-electron chi connectivity index (χ4n) is 1.26. The molecule has 0 spiro atoms. The van der Waals surface area contributed by atoms with Gasteiger partial charge in [0.05, 0.1) is 0 Å². The zero-order chi connectivity index (χ0) is 10.9. The molecule has 0 saturated heterocycles. The summed E-state index contributed by atoms with van der Waals surface area (Å²) in [6, 6.07) is 20.8. The molecule has 16 heavy (non-hydrogen) atoms. The number of nitrogens with two attached hydrogens (primary N) is 1. The second kappa shape index (κ2) is 8.07. The van der Waals surface area contributed by atoms with Gasteiger partial charge >= 0.3 is 0 Å². The van der Waals surface area contributed by atoms with Crippen molar-refractivity contribution in [2.75, 3.05) is 0 Å². The minimum absolute atomic E-state index is 0. The van der Waals surface area contributed by atoms with E-state index in [9.17, 15) is 0 Å². The van der Waals surface area contributed by atoms with Gasteiger partial charge in [0.25, 0.3) is 0 Å². The molecule has 0 aliphatic heterocycles. The predicted octanol–water partition coefficient (Wildman–Crippen LogP) is 3.42. The lowest BCUT2D eigenvalue weighted by Crippen LogP contribution is -1.73. The lowest BCUT2D eigenvalue weighted by atomic mass is 10.1. The van der Waals surface area contributed by atoms with Gasteiger partial charge in [-0.15, -0.1) is 0 Å². The molecule has 0 fully saturated rings. The molecule has 0 unspecified atom stereocenters. The van der Waals surface area contributed by atoms with Crippen molar-refractivity contribution in [3.05, 3.63) is 60.7 Å². The highest BCUT2D eigenvalue weighted by Gasteiger charge is 1.91. The first-order valence-electron chi connectivity index (χ1n) is 4.58. The Morgan fingerprint density at radius 3 is 1.25 bits per heavy atom. The van der Waals surface area contributed by atoms with Crippen LogP contribution in [0.15, 0.2) is 60.7 Å². The standard InChI is InChI=1S/C12H10.CH2N2.CH4/c1-3-7-11(8-4-1)12-9-5-2-6-10-12;2-1-3;/h1-10H;2H2;1H4. The fraction of sp³-hybridized carbons (Fsp3) is 0.0714. The predicted molar refractivity (Wildman–Crippen MR) is 68.4 cm³/mol. The molecule has 0 amide bonds. The summed E-state index contributed by atoms with van der Waals surface area (Å²) in [5.41, 5.74) is 6.70. The molecular formula is C14H16N2. The van der Waals surface area contributed by atoms with Crippen LogP contribution in [0.5, 0.6) is 0 Å². The van der Waals surface area contributed by atoms with E-state index in [0.29, 0.717) is 0 Å². The number of nitrogens with zero attached hydrogens (tertiary/aromatic N) is 1. The molecule has 2 nitrogen and oxygen atoms in total. The van der Waals surface area contributed by atoms with Crippen molar-refractivity contribution in [3.63, 3.8) is 0 Å². The fourth-order valence-corrected chi connectivity index (χ4v) is 1.26. The van der Waals surface area contributed by atoms with Crippen LogP contribution in [-0.4, -0.2) is 0 Å². The molecule has 0 bridgehead atoms. The van der Waals surface area contributed by atoms with Crippen LogP contribution in [0.3, 0.4) is 0 Å². The van der Waals surface area contributed by atoms with Crippen molar-refractivity contribution in [1.29, 1.82) is 5.26 Å². The van der Waals surface area contributed by atoms with E-state index in [2.05, 4.69) is 54.3 Å². The van der Waals surface area contributed by atoms with Gasteiger partial charge in [-0.1, -0.05) is 68.1 Å². The third-order valence-corrected chi connectivity index (χ3v) is 1.88. The molecule has 0 aliphatic rings. The number of rotatable bonds is 1. The monoisotopic (exact) mass is 212 g/mol. The zero-order valence-corrected chi connectivity index (χ0v) is 8.30. The van der Waals surface area contributed by atoms with Gasteiger partial charge in [0.2, 0.25) is 0 Å². The van der Waals surface area contributed by atoms with Crippen LogP contribution < -0.4 is 5.73 Å². The molecule has 0 atom stereocenters. The second-order valence-electron chi connectivity index (χ2n) is 2.86. The average Bonchev–Trinajstić information content (AvgIpc) is 2.32. The van der Waals surface area contributed by atoms with Crippen LogP contribution in [0, 0.1) is 11.5 Å². The first kappa shape index (κ1) is 13.7. The SMILES string of the molecule is C.N#CN.c1ccc(-c2ccccc2)cc1. The highest BCUT2D eigenvalue weighted by molar-refractivity contribution is 5.62. The van der Waals surface area contributed by atoms with Gasteiger partial charge in [0, 0.05) is 0 Å². The first-order valence-corrected chi connectivity index (χ1v) is 4.58. The molecule has 0 aromatic heterocycles. The number of nitriles is 1. The maximum atomic E-state index is 7.10. The van der Waals surface area contributed by atoms with Gasteiger partial charge in [-0.25, -0.2) is 0 Å². The van der Waals surface area contributed by atoms with Crippen molar-refractivity contribution in [2.45, 2.75) is 7.43 Å². The van der Waals surface area contributed by atoms with Crippen LogP contribution >= 0.6 is 0 Å². The van der Waals surface area contributed by atoms with Crippen LogP contribution in [0.25, 0.3) is 11.1 Å². The second-order valence-corrected chi connectivity index (χ2v) is 2.86. The maximum absolute atomic E-state index is 7.10. The summed E-state index contributed by atoms with van der Waals surface area (Å²) >= 11 is 0. The van der Waals surface area contributed by atoms with Gasteiger partial charge in [-0.05, 0) is 11.1 Å². The van der Waals surface area contributed by atoms with E-state index in [1.165, 1.54) is 17.3 Å². The van der Waals surface area contributed by atoms with Crippen LogP contribution in [-0.2, 0) is 0 Å². The molecule has 2 rings (SSSR count). The average molecular weight is 212 g/mol. The molecule has 0 radical (unpaired) electrons. The highest BCUT2D eigenvalue weighted by atomic mass is 14.5. The van der Waals surface area contributed by atoms with Crippen molar-refractivity contribution < 1.29 is 0 Å². The quantitative estimate of drug-likeness (QED) is 0.581. The van der Waals surface area contributed by atoms with E-state index in [1.54, 1.807) is 0 Å². The molecule has 2 heteroatoms. The third-order valence-electron chi connectivity index (χ3n) is 1.88. The molecule has 0 heterocycles. The zero-order valence-electron chi connectivity index (χ0n) is 8.30. The summed E-state index contributed by atoms with van der Waals surface area (Å²) < 4.78 is 0. The van der Waals surface area contributed by atoms with E-state index in [0.717, 1.165) is 0 Å². The third kappa shape index (κ3) is 4.30. The topological polar surface area (TPSA) is 49.8 Å². The molecule has 82 valence electrons. The Bertz CT molecular complexity index is 378. The van der Waals surface area contributed by atoms with Crippen molar-refractivity contribution in [1.82, 2.24) is 0 Å². The van der Waals surface area contributed by atoms with Crippen LogP contribution in [0.1, 0.15) is 7.43 Å². The Labute approximate surface area is 97.0 Å². The van der Waals surface area contributed by atoms with E-state index in [4.69, 9.17) is 5.26 Å². The van der Waals surface area contributed by atoms with Crippen LogP contribution in [0.2, 0.25) is 0 Å². The minimum Gasteiger partial charge on any atom is -0.337 e. The highest BCUT2D eigenvalue weighted by Crippen LogP contribution is 2.17. The Hall–Kier alpha value is -2.27. The molecule has 2 N–H and O–H groups in total. The van der Waals surface area contributed by atoms with E-state index in [-0.39, 0.29) is 7.43 Å². The molecule has 0 aliphatic carbocycles. The van der Waals surface area contributed by atoms with Gasteiger partial charge in [0.15, 0.2) is 6.19 Å². The summed E-state index contributed by atoms with van der Waals surface area (Å²) in [6.45, 7) is 0. The normalized spacial score (nSPS) is 7.69. The molecule has 0 saturated carbocycles. The number of hydrogen-bond acceptors (Lipinski definition) is 2. The van der Waals surface area contributed by atoms with Crippen molar-refractivity contribution >= 4 is 0 Å². The Morgan fingerprint density at radius 1 is 0.750 bits per heavy atom. The largest absolute Gasteiger partial charge is 0.337 e. The lowest BCUT2D eigenvalue weighted by Gasteiger charge is -1.98. The summed E-state index contributed by atoms with van der Waals surface area (Å²) in [7, 11) is 0. The molecule has 2 aromatic rings. The number of benzene rings is 2.